The van der Waals surface area contributed by atoms with Gasteiger partial charge in [0.15, 0.2) is 5.96 Å². The van der Waals surface area contributed by atoms with Crippen LogP contribution in [0.15, 0.2) is 33.8 Å². The van der Waals surface area contributed by atoms with Crippen molar-refractivity contribution in [1.82, 2.24) is 20.7 Å². The van der Waals surface area contributed by atoms with Crippen molar-refractivity contribution in [3.63, 3.8) is 0 Å². The van der Waals surface area contributed by atoms with Gasteiger partial charge in [-0.3, -0.25) is 9.89 Å². The lowest BCUT2D eigenvalue weighted by Gasteiger charge is -2.33. The van der Waals surface area contributed by atoms with Crippen LogP contribution in [-0.2, 0) is 19.1 Å². The van der Waals surface area contributed by atoms with Crippen LogP contribution in [0.2, 0.25) is 0 Å². The molecule has 1 aliphatic heterocycles. The minimum Gasteiger partial charge on any atom is -0.361 e. The molecule has 0 amide bonds. The van der Waals surface area contributed by atoms with Crippen molar-refractivity contribution < 1.29 is 17.7 Å². The van der Waals surface area contributed by atoms with Crippen LogP contribution in [0.1, 0.15) is 41.0 Å². The first-order valence-corrected chi connectivity index (χ1v) is 10.5. The van der Waals surface area contributed by atoms with Gasteiger partial charge in [-0.25, -0.2) is 0 Å². The van der Waals surface area contributed by atoms with Crippen molar-refractivity contribution in [1.29, 1.82) is 0 Å². The van der Waals surface area contributed by atoms with Crippen molar-refractivity contribution in [2.75, 3.05) is 26.7 Å². The summed E-state index contributed by atoms with van der Waals surface area (Å²) in [5, 5.41) is 10.8. The number of likely N-dealkylation sites (tertiary alicyclic amines) is 1. The molecule has 10 heteroatoms. The molecule has 1 aromatic heterocycles. The molecule has 6 nitrogen and oxygen atoms in total. The minimum atomic E-state index is -4.30. The van der Waals surface area contributed by atoms with Crippen LogP contribution in [-0.4, -0.2) is 48.7 Å². The number of nitrogens with one attached hydrogen (secondary N) is 2. The summed E-state index contributed by atoms with van der Waals surface area (Å²) in [5.74, 6) is 1.60. The van der Waals surface area contributed by atoms with Gasteiger partial charge >= 0.3 is 6.18 Å². The first-order valence-electron chi connectivity index (χ1n) is 10.5. The molecular formula is C22H31F3IN5O. The summed E-state index contributed by atoms with van der Waals surface area (Å²) in [6, 6.07) is 5.87. The molecule has 1 saturated heterocycles. The molecule has 178 valence electrons. The average molecular weight is 565 g/mol. The van der Waals surface area contributed by atoms with E-state index in [1.807, 2.05) is 13.8 Å². The molecular weight excluding hydrogens is 534 g/mol. The highest BCUT2D eigenvalue weighted by molar-refractivity contribution is 14.0. The first-order chi connectivity index (χ1) is 14.8. The van der Waals surface area contributed by atoms with E-state index >= 15 is 0 Å². The van der Waals surface area contributed by atoms with Gasteiger partial charge in [0, 0.05) is 44.8 Å². The molecule has 0 bridgehead atoms. The van der Waals surface area contributed by atoms with Crippen molar-refractivity contribution in [3.8, 4) is 0 Å². The average Bonchev–Trinajstić information content (AvgIpc) is 3.06. The number of aromatic nitrogens is 1. The fourth-order valence-electron chi connectivity index (χ4n) is 3.89. The highest BCUT2D eigenvalue weighted by Crippen LogP contribution is 2.30. The topological polar surface area (TPSA) is 65.7 Å². The summed E-state index contributed by atoms with van der Waals surface area (Å²) in [6.07, 6.45) is -1.69. The second-order valence-corrected chi connectivity index (χ2v) is 7.94. The molecule has 1 fully saturated rings. The third kappa shape index (κ3) is 7.36. The Labute approximate surface area is 204 Å². The quantitative estimate of drug-likeness (QED) is 0.311. The van der Waals surface area contributed by atoms with Gasteiger partial charge < -0.3 is 15.2 Å². The fourth-order valence-corrected chi connectivity index (χ4v) is 3.89. The number of aliphatic imine (C=N–C) groups is 1. The predicted octanol–water partition coefficient (Wildman–Crippen LogP) is 4.30. The Bertz CT molecular complexity index is 872. The third-order valence-corrected chi connectivity index (χ3v) is 5.66. The molecule has 1 aromatic carbocycles. The number of benzene rings is 1. The maximum atomic E-state index is 12.9. The molecule has 2 heterocycles. The van der Waals surface area contributed by atoms with Crippen molar-refractivity contribution in [3.05, 3.63) is 52.4 Å². The van der Waals surface area contributed by atoms with Crippen LogP contribution >= 0.6 is 24.0 Å². The van der Waals surface area contributed by atoms with Gasteiger partial charge in [-0.15, -0.1) is 24.0 Å². The van der Waals surface area contributed by atoms with E-state index in [4.69, 9.17) is 4.52 Å². The number of halogens is 4. The van der Waals surface area contributed by atoms with Gasteiger partial charge in [0.1, 0.15) is 5.76 Å². The van der Waals surface area contributed by atoms with Gasteiger partial charge in [-0.1, -0.05) is 23.4 Å². The molecule has 2 aromatic rings. The summed E-state index contributed by atoms with van der Waals surface area (Å²) in [4.78, 5) is 6.50. The summed E-state index contributed by atoms with van der Waals surface area (Å²) in [5.41, 5.74) is 2.13. The number of nitrogens with zero attached hydrogens (tertiary/aromatic N) is 3. The zero-order valence-electron chi connectivity index (χ0n) is 18.6. The van der Waals surface area contributed by atoms with Gasteiger partial charge in [-0.05, 0) is 44.7 Å². The molecule has 32 heavy (non-hydrogen) atoms. The highest BCUT2D eigenvalue weighted by atomic mass is 127. The largest absolute Gasteiger partial charge is 0.416 e. The number of guanidine groups is 1. The molecule has 0 aliphatic carbocycles. The molecule has 0 unspecified atom stereocenters. The number of hydrogen-bond acceptors (Lipinski definition) is 4. The van der Waals surface area contributed by atoms with Crippen LogP contribution in [0, 0.1) is 13.8 Å². The lowest BCUT2D eigenvalue weighted by atomic mass is 10.0. The van der Waals surface area contributed by atoms with Crippen molar-refractivity contribution >= 4 is 29.9 Å². The van der Waals surface area contributed by atoms with Gasteiger partial charge in [0.2, 0.25) is 0 Å². The van der Waals surface area contributed by atoms with Gasteiger partial charge in [0.25, 0.3) is 0 Å². The maximum absolute atomic E-state index is 12.9. The number of rotatable bonds is 6. The lowest BCUT2D eigenvalue weighted by Crippen LogP contribution is -2.48. The molecule has 0 saturated carbocycles. The van der Waals surface area contributed by atoms with E-state index < -0.39 is 11.7 Å². The van der Waals surface area contributed by atoms with E-state index in [0.717, 1.165) is 67.9 Å². The highest BCUT2D eigenvalue weighted by Gasteiger charge is 2.30. The second-order valence-electron chi connectivity index (χ2n) is 7.94. The molecule has 1 aliphatic rings. The minimum absolute atomic E-state index is 0. The van der Waals surface area contributed by atoms with Gasteiger partial charge in [0.05, 0.1) is 11.3 Å². The SMILES string of the molecule is CN=C(NCCc1c(C)noc1C)NC1CCN(Cc2cccc(C(F)(F)F)c2)CC1.I. The standard InChI is InChI=1S/C22H30F3N5O.HI/c1-15-20(16(2)31-29-15)7-10-27-21(26-3)28-19-8-11-30(12-9-19)14-17-5-4-6-18(13-17)22(23,24)25;/h4-6,13,19H,7-12,14H2,1-3H3,(H2,26,27,28);1H. The predicted molar refractivity (Wildman–Crippen MR) is 129 cm³/mol. The van der Waals surface area contributed by atoms with E-state index in [1.54, 1.807) is 13.1 Å². The van der Waals surface area contributed by atoms with Crippen molar-refractivity contribution in [2.45, 2.75) is 51.9 Å². The van der Waals surface area contributed by atoms with E-state index in [2.05, 4.69) is 25.7 Å². The Morgan fingerprint density at radius 2 is 1.97 bits per heavy atom. The summed E-state index contributed by atoms with van der Waals surface area (Å²) >= 11 is 0. The third-order valence-electron chi connectivity index (χ3n) is 5.66. The van der Waals surface area contributed by atoms with Crippen LogP contribution in [0.3, 0.4) is 0 Å². The van der Waals surface area contributed by atoms with Crippen LogP contribution in [0.25, 0.3) is 0 Å². The molecule has 3 rings (SSSR count). The zero-order chi connectivity index (χ0) is 22.4. The maximum Gasteiger partial charge on any atom is 0.416 e. The number of piperidine rings is 1. The molecule has 2 N–H and O–H groups in total. The van der Waals surface area contributed by atoms with Crippen LogP contribution in [0.4, 0.5) is 13.2 Å². The van der Waals surface area contributed by atoms with E-state index in [9.17, 15) is 13.2 Å². The number of alkyl halides is 3. The Balaban J connectivity index is 0.00000363. The van der Waals surface area contributed by atoms with Crippen LogP contribution in [0.5, 0.6) is 0 Å². The Morgan fingerprint density at radius 1 is 1.25 bits per heavy atom. The summed E-state index contributed by atoms with van der Waals surface area (Å²) in [6.45, 7) is 6.74. The summed E-state index contributed by atoms with van der Waals surface area (Å²) < 4.78 is 43.9. The molecule has 0 radical (unpaired) electrons. The van der Waals surface area contributed by atoms with E-state index in [0.29, 0.717) is 12.1 Å². The van der Waals surface area contributed by atoms with Crippen LogP contribution < -0.4 is 10.6 Å². The zero-order valence-corrected chi connectivity index (χ0v) is 21.0. The Hall–Kier alpha value is -1.82. The molecule has 0 atom stereocenters. The normalized spacial score (nSPS) is 16.0. The molecule has 0 spiro atoms. The monoisotopic (exact) mass is 565 g/mol. The second kappa shape index (κ2) is 11.9. The smallest absolute Gasteiger partial charge is 0.361 e. The summed E-state index contributed by atoms with van der Waals surface area (Å²) in [7, 11) is 1.74. The lowest BCUT2D eigenvalue weighted by molar-refractivity contribution is -0.137. The fraction of sp³-hybridized carbons (Fsp3) is 0.545. The number of aryl methyl sites for hydroxylation is 2. The Morgan fingerprint density at radius 3 is 2.56 bits per heavy atom. The van der Waals surface area contributed by atoms with Gasteiger partial charge in [-0.2, -0.15) is 13.2 Å². The number of hydrogen-bond donors (Lipinski definition) is 2. The van der Waals surface area contributed by atoms with E-state index in [1.165, 1.54) is 12.1 Å². The van der Waals surface area contributed by atoms with E-state index in [-0.39, 0.29) is 30.0 Å². The first kappa shape index (κ1) is 26.4. The van der Waals surface area contributed by atoms with Crippen molar-refractivity contribution in [2.24, 2.45) is 4.99 Å². The Kier molecular flexibility index (Phi) is 9.81.